The van der Waals surface area contributed by atoms with Gasteiger partial charge in [0.2, 0.25) is 0 Å². The molecule has 1 fully saturated rings. The summed E-state index contributed by atoms with van der Waals surface area (Å²) in [5.74, 6) is 1.71. The molecule has 1 aliphatic rings. The van der Waals surface area contributed by atoms with Gasteiger partial charge in [0, 0.05) is 18.3 Å². The maximum Gasteiger partial charge on any atom is 0.195 e. The molecule has 2 heterocycles. The lowest BCUT2D eigenvalue weighted by atomic mass is 10.3. The number of nitrogens with zero attached hydrogens (tertiary/aromatic N) is 4. The van der Waals surface area contributed by atoms with Gasteiger partial charge in [-0.3, -0.25) is 14.3 Å². The zero-order valence-corrected chi connectivity index (χ0v) is 10.5. The predicted molar refractivity (Wildman–Crippen MR) is 66.3 cm³/mol. The van der Waals surface area contributed by atoms with Crippen LogP contribution in [-0.2, 0) is 6.54 Å². The Morgan fingerprint density at radius 2 is 2.41 bits per heavy atom. The Bertz CT molecular complexity index is 549. The average Bonchev–Trinajstić information content (AvgIpc) is 2.88. The first-order valence-electron chi connectivity index (χ1n) is 5.90. The van der Waals surface area contributed by atoms with Gasteiger partial charge < -0.3 is 0 Å². The Morgan fingerprint density at radius 3 is 3.06 bits per heavy atom. The molecule has 5 nitrogen and oxygen atoms in total. The highest BCUT2D eigenvalue weighted by Gasteiger charge is 2.30. The summed E-state index contributed by atoms with van der Waals surface area (Å²) in [6.45, 7) is 2.97. The molecule has 0 aliphatic heterocycles. The molecule has 2 aromatic heterocycles. The molecule has 1 aliphatic carbocycles. The molecule has 0 aromatic carbocycles. The van der Waals surface area contributed by atoms with E-state index in [9.17, 15) is 0 Å². The topological polar surface area (TPSA) is 51.4 Å². The second kappa shape index (κ2) is 4.10. The van der Waals surface area contributed by atoms with Crippen LogP contribution >= 0.6 is 12.2 Å². The lowest BCUT2D eigenvalue weighted by Gasteiger charge is -2.15. The number of aromatic amines is 1. The second-order valence-corrected chi connectivity index (χ2v) is 5.00. The van der Waals surface area contributed by atoms with Gasteiger partial charge in [-0.2, -0.15) is 10.2 Å². The molecule has 6 heteroatoms. The predicted octanol–water partition coefficient (Wildman–Crippen LogP) is 2.28. The minimum atomic E-state index is 0.275. The Balaban J connectivity index is 1.87. The van der Waals surface area contributed by atoms with E-state index in [0.717, 1.165) is 12.4 Å². The van der Waals surface area contributed by atoms with Crippen LogP contribution in [-0.4, -0.2) is 24.5 Å². The van der Waals surface area contributed by atoms with Gasteiger partial charge >= 0.3 is 0 Å². The van der Waals surface area contributed by atoms with Crippen LogP contribution in [0.2, 0.25) is 0 Å². The van der Waals surface area contributed by atoms with Crippen LogP contribution in [0.1, 0.15) is 37.5 Å². The Morgan fingerprint density at radius 1 is 1.59 bits per heavy atom. The summed E-state index contributed by atoms with van der Waals surface area (Å²) < 4.78 is 4.77. The van der Waals surface area contributed by atoms with E-state index in [2.05, 4.69) is 26.8 Å². The van der Waals surface area contributed by atoms with Gasteiger partial charge in [0.25, 0.3) is 0 Å². The number of H-pyrrole nitrogens is 1. The first-order valence-corrected chi connectivity index (χ1v) is 6.31. The van der Waals surface area contributed by atoms with Gasteiger partial charge in [-0.15, -0.1) is 0 Å². The van der Waals surface area contributed by atoms with Crippen molar-refractivity contribution in [3.63, 3.8) is 0 Å². The van der Waals surface area contributed by atoms with E-state index < -0.39 is 0 Å². The highest BCUT2D eigenvalue weighted by molar-refractivity contribution is 7.71. The highest BCUT2D eigenvalue weighted by atomic mass is 32.1. The largest absolute Gasteiger partial charge is 0.299 e. The summed E-state index contributed by atoms with van der Waals surface area (Å²) >= 11 is 5.31. The van der Waals surface area contributed by atoms with Crippen molar-refractivity contribution in [1.82, 2.24) is 24.5 Å². The first kappa shape index (κ1) is 10.7. The summed E-state index contributed by atoms with van der Waals surface area (Å²) in [6.07, 6.45) is 6.22. The molecule has 1 N–H and O–H groups in total. The van der Waals surface area contributed by atoms with Crippen molar-refractivity contribution >= 4 is 12.2 Å². The fourth-order valence-electron chi connectivity index (χ4n) is 2.13. The molecular formula is C11H15N5S. The summed E-state index contributed by atoms with van der Waals surface area (Å²) in [4.78, 5) is 0. The highest BCUT2D eigenvalue weighted by Crippen LogP contribution is 2.39. The minimum Gasteiger partial charge on any atom is -0.299 e. The van der Waals surface area contributed by atoms with Crippen LogP contribution in [0.4, 0.5) is 0 Å². The standard InChI is InChI=1S/C11H15N5S/c1-8(7-15-6-2-5-12-15)16-10(9-3-4-9)13-14-11(16)17/h2,5-6,8-9H,3-4,7H2,1H3,(H,14,17). The van der Waals surface area contributed by atoms with Gasteiger partial charge in [0.05, 0.1) is 12.6 Å². The van der Waals surface area contributed by atoms with Crippen LogP contribution in [0.5, 0.6) is 0 Å². The third kappa shape index (κ3) is 2.04. The Kier molecular flexibility index (Phi) is 2.58. The summed E-state index contributed by atoms with van der Waals surface area (Å²) in [7, 11) is 0. The third-order valence-electron chi connectivity index (χ3n) is 3.13. The van der Waals surface area contributed by atoms with Gasteiger partial charge in [0.1, 0.15) is 5.82 Å². The van der Waals surface area contributed by atoms with Gasteiger partial charge in [-0.1, -0.05) is 0 Å². The molecular weight excluding hydrogens is 234 g/mol. The Hall–Kier alpha value is -1.43. The van der Waals surface area contributed by atoms with E-state index in [4.69, 9.17) is 12.2 Å². The number of hydrogen-bond acceptors (Lipinski definition) is 3. The smallest absolute Gasteiger partial charge is 0.195 e. The van der Waals surface area contributed by atoms with Crippen molar-refractivity contribution in [1.29, 1.82) is 0 Å². The van der Waals surface area contributed by atoms with E-state index in [0.29, 0.717) is 10.7 Å². The number of hydrogen-bond donors (Lipinski definition) is 1. The minimum absolute atomic E-state index is 0.275. The SMILES string of the molecule is CC(Cn1cccn1)n1c(C2CC2)n[nH]c1=S. The molecule has 0 radical (unpaired) electrons. The van der Waals surface area contributed by atoms with Gasteiger partial charge in [0.15, 0.2) is 4.77 Å². The summed E-state index contributed by atoms with van der Waals surface area (Å²) in [6, 6.07) is 2.21. The lowest BCUT2D eigenvalue weighted by Crippen LogP contribution is -2.15. The normalized spacial score (nSPS) is 17.2. The molecule has 0 spiro atoms. The van der Waals surface area contributed by atoms with Crippen LogP contribution in [0.15, 0.2) is 18.5 Å². The number of aromatic nitrogens is 5. The molecule has 0 bridgehead atoms. The summed E-state index contributed by atoms with van der Waals surface area (Å²) in [5.41, 5.74) is 0. The molecule has 2 aromatic rings. The molecule has 1 unspecified atom stereocenters. The third-order valence-corrected chi connectivity index (χ3v) is 3.41. The number of rotatable bonds is 4. The van der Waals surface area contributed by atoms with Crippen molar-refractivity contribution in [2.24, 2.45) is 0 Å². The zero-order chi connectivity index (χ0) is 11.8. The molecule has 1 atom stereocenters. The van der Waals surface area contributed by atoms with Crippen molar-refractivity contribution in [3.8, 4) is 0 Å². The maximum atomic E-state index is 5.31. The van der Waals surface area contributed by atoms with Gasteiger partial charge in [-0.25, -0.2) is 0 Å². The molecule has 0 amide bonds. The van der Waals surface area contributed by atoms with Crippen molar-refractivity contribution in [3.05, 3.63) is 29.1 Å². The van der Waals surface area contributed by atoms with Crippen LogP contribution in [0.25, 0.3) is 0 Å². The monoisotopic (exact) mass is 249 g/mol. The van der Waals surface area contributed by atoms with E-state index in [-0.39, 0.29) is 6.04 Å². The number of nitrogens with one attached hydrogen (secondary N) is 1. The molecule has 0 saturated heterocycles. The van der Waals surface area contributed by atoms with Gasteiger partial charge in [-0.05, 0) is 38.0 Å². The van der Waals surface area contributed by atoms with E-state index in [1.807, 2.05) is 16.9 Å². The molecule has 17 heavy (non-hydrogen) atoms. The van der Waals surface area contributed by atoms with Crippen molar-refractivity contribution < 1.29 is 0 Å². The quantitative estimate of drug-likeness (QED) is 0.846. The van der Waals surface area contributed by atoms with Crippen molar-refractivity contribution in [2.75, 3.05) is 0 Å². The van der Waals surface area contributed by atoms with Crippen molar-refractivity contribution in [2.45, 2.75) is 38.3 Å². The Labute approximate surface area is 104 Å². The van der Waals surface area contributed by atoms with Crippen LogP contribution in [0, 0.1) is 4.77 Å². The average molecular weight is 249 g/mol. The fraction of sp³-hybridized carbons (Fsp3) is 0.545. The van der Waals surface area contributed by atoms with E-state index >= 15 is 0 Å². The van der Waals surface area contributed by atoms with Crippen LogP contribution < -0.4 is 0 Å². The zero-order valence-electron chi connectivity index (χ0n) is 9.71. The molecule has 1 saturated carbocycles. The van der Waals surface area contributed by atoms with E-state index in [1.165, 1.54) is 12.8 Å². The van der Waals surface area contributed by atoms with Crippen LogP contribution in [0.3, 0.4) is 0 Å². The molecule has 3 rings (SSSR count). The first-order chi connectivity index (χ1) is 8.25. The molecule has 90 valence electrons. The maximum absolute atomic E-state index is 5.31. The lowest BCUT2D eigenvalue weighted by molar-refractivity contribution is 0.422. The second-order valence-electron chi connectivity index (χ2n) is 4.61. The fourth-order valence-corrected chi connectivity index (χ4v) is 2.45. The summed E-state index contributed by atoms with van der Waals surface area (Å²) in [5, 5.41) is 11.5. The van der Waals surface area contributed by atoms with E-state index in [1.54, 1.807) is 6.20 Å².